The highest BCUT2D eigenvalue weighted by Crippen LogP contribution is 2.46. The standard InChI is InChI=1S/C27H25FN2O3/c1-32-19-11-12-25(33-2)20(15-19)17-13-23-26(24(31)14-17)27(16-7-9-18(28)10-8-16)30-22-6-4-3-5-21(22)29-23/h3-12,15,17,27,29-30H,13-14H2,1-2H3. The lowest BCUT2D eigenvalue weighted by Gasteiger charge is -2.30. The van der Waals surface area contributed by atoms with Gasteiger partial charge >= 0.3 is 0 Å². The van der Waals surface area contributed by atoms with E-state index >= 15 is 0 Å². The maximum atomic E-state index is 13.6. The lowest BCUT2D eigenvalue weighted by Crippen LogP contribution is -2.27. The fraction of sp³-hybridized carbons (Fsp3) is 0.222. The smallest absolute Gasteiger partial charge is 0.163 e. The molecule has 0 saturated carbocycles. The zero-order chi connectivity index (χ0) is 22.9. The highest BCUT2D eigenvalue weighted by atomic mass is 19.1. The quantitative estimate of drug-likeness (QED) is 0.531. The molecule has 3 aromatic carbocycles. The van der Waals surface area contributed by atoms with Gasteiger partial charge in [-0.2, -0.15) is 0 Å². The third-order valence-electron chi connectivity index (χ3n) is 6.39. The number of ketones is 1. The van der Waals surface area contributed by atoms with E-state index in [4.69, 9.17) is 9.47 Å². The van der Waals surface area contributed by atoms with Crippen LogP contribution < -0.4 is 20.1 Å². The summed E-state index contributed by atoms with van der Waals surface area (Å²) in [6, 6.07) is 19.5. The highest BCUT2D eigenvalue weighted by molar-refractivity contribution is 6.01. The molecule has 2 N–H and O–H groups in total. The largest absolute Gasteiger partial charge is 0.497 e. The molecule has 0 spiro atoms. The molecule has 1 heterocycles. The predicted molar refractivity (Wildman–Crippen MR) is 126 cm³/mol. The van der Waals surface area contributed by atoms with Gasteiger partial charge in [0, 0.05) is 29.2 Å². The number of Topliss-reactive ketones (excluding diaryl/α,β-unsaturated/α-hetero) is 1. The zero-order valence-corrected chi connectivity index (χ0v) is 18.5. The second-order valence-electron chi connectivity index (χ2n) is 8.33. The topological polar surface area (TPSA) is 59.6 Å². The molecule has 0 aromatic heterocycles. The van der Waals surface area contributed by atoms with E-state index in [0.717, 1.165) is 39.7 Å². The number of anilines is 2. The summed E-state index contributed by atoms with van der Waals surface area (Å²) in [5.41, 5.74) is 5.14. The van der Waals surface area contributed by atoms with Gasteiger partial charge in [0.05, 0.1) is 31.6 Å². The van der Waals surface area contributed by atoms with Crippen molar-refractivity contribution in [3.8, 4) is 11.5 Å². The van der Waals surface area contributed by atoms with Crippen LogP contribution in [0.15, 0.2) is 78.0 Å². The van der Waals surface area contributed by atoms with E-state index < -0.39 is 0 Å². The van der Waals surface area contributed by atoms with Gasteiger partial charge in [-0.25, -0.2) is 4.39 Å². The number of allylic oxidation sites excluding steroid dienone is 1. The van der Waals surface area contributed by atoms with Gasteiger partial charge in [-0.05, 0) is 54.4 Å². The van der Waals surface area contributed by atoms with Crippen LogP contribution in [0.5, 0.6) is 11.5 Å². The third kappa shape index (κ3) is 3.93. The fourth-order valence-electron chi connectivity index (χ4n) is 4.78. The molecule has 0 amide bonds. The molecule has 1 aliphatic carbocycles. The molecule has 3 aromatic rings. The van der Waals surface area contributed by atoms with Crippen LogP contribution in [0.1, 0.15) is 35.9 Å². The first kappa shape index (κ1) is 21.1. The summed E-state index contributed by atoms with van der Waals surface area (Å²) in [6.45, 7) is 0. The Morgan fingerprint density at radius 2 is 1.67 bits per heavy atom. The second kappa shape index (κ2) is 8.62. The molecule has 2 unspecified atom stereocenters. The Labute approximate surface area is 192 Å². The van der Waals surface area contributed by atoms with Crippen LogP contribution in [0, 0.1) is 5.82 Å². The van der Waals surface area contributed by atoms with Crippen molar-refractivity contribution in [2.24, 2.45) is 0 Å². The Morgan fingerprint density at radius 3 is 2.39 bits per heavy atom. The number of hydrogen-bond donors (Lipinski definition) is 2. The number of carbonyl (C=O) groups excluding carboxylic acids is 1. The average molecular weight is 445 g/mol. The maximum Gasteiger partial charge on any atom is 0.163 e. The first-order valence-corrected chi connectivity index (χ1v) is 10.9. The van der Waals surface area contributed by atoms with Crippen LogP contribution in [0.2, 0.25) is 0 Å². The summed E-state index contributed by atoms with van der Waals surface area (Å²) in [4.78, 5) is 13.6. The Balaban J connectivity index is 1.61. The number of benzene rings is 3. The van der Waals surface area contributed by atoms with Gasteiger partial charge in [0.2, 0.25) is 0 Å². The number of carbonyl (C=O) groups is 1. The summed E-state index contributed by atoms with van der Waals surface area (Å²) in [7, 11) is 3.26. The Kier molecular flexibility index (Phi) is 5.50. The molecule has 6 heteroatoms. The molecular weight excluding hydrogens is 419 g/mol. The monoisotopic (exact) mass is 444 g/mol. The summed E-state index contributed by atoms with van der Waals surface area (Å²) >= 11 is 0. The van der Waals surface area contributed by atoms with Crippen molar-refractivity contribution in [1.82, 2.24) is 0 Å². The van der Waals surface area contributed by atoms with Crippen molar-refractivity contribution in [2.45, 2.75) is 24.8 Å². The number of para-hydroxylation sites is 2. The van der Waals surface area contributed by atoms with E-state index in [9.17, 15) is 9.18 Å². The van der Waals surface area contributed by atoms with Crippen molar-refractivity contribution >= 4 is 17.2 Å². The first-order valence-electron chi connectivity index (χ1n) is 10.9. The Morgan fingerprint density at radius 1 is 0.909 bits per heavy atom. The normalized spacial score (nSPS) is 19.5. The first-order chi connectivity index (χ1) is 16.1. The van der Waals surface area contributed by atoms with E-state index in [2.05, 4.69) is 10.6 Å². The number of methoxy groups -OCH3 is 2. The third-order valence-corrected chi connectivity index (χ3v) is 6.39. The molecule has 0 fully saturated rings. The van der Waals surface area contributed by atoms with Gasteiger partial charge in [0.15, 0.2) is 5.78 Å². The van der Waals surface area contributed by atoms with Gasteiger partial charge < -0.3 is 20.1 Å². The molecule has 2 aliphatic rings. The molecule has 168 valence electrons. The van der Waals surface area contributed by atoms with E-state index in [1.165, 1.54) is 12.1 Å². The van der Waals surface area contributed by atoms with E-state index in [-0.39, 0.29) is 23.6 Å². The van der Waals surface area contributed by atoms with Crippen molar-refractivity contribution < 1.29 is 18.7 Å². The van der Waals surface area contributed by atoms with Crippen LogP contribution in [-0.2, 0) is 4.79 Å². The Hall–Kier alpha value is -3.80. The number of halogens is 1. The van der Waals surface area contributed by atoms with Crippen molar-refractivity contribution in [2.75, 3.05) is 24.9 Å². The lowest BCUT2D eigenvalue weighted by molar-refractivity contribution is -0.116. The molecule has 0 radical (unpaired) electrons. The SMILES string of the molecule is COc1ccc(OC)c(C2CC(=O)C3=C(C2)Nc2ccccc2NC3c2ccc(F)cc2)c1. The number of rotatable bonds is 4. The molecule has 5 rings (SSSR count). The van der Waals surface area contributed by atoms with Gasteiger partial charge in [-0.1, -0.05) is 24.3 Å². The molecule has 5 nitrogen and oxygen atoms in total. The molecule has 1 aliphatic heterocycles. The van der Waals surface area contributed by atoms with Crippen LogP contribution in [0.25, 0.3) is 0 Å². The van der Waals surface area contributed by atoms with Crippen LogP contribution in [0.3, 0.4) is 0 Å². The minimum atomic E-state index is -0.377. The van der Waals surface area contributed by atoms with Crippen molar-refractivity contribution in [1.29, 1.82) is 0 Å². The minimum absolute atomic E-state index is 0.0493. The van der Waals surface area contributed by atoms with Crippen molar-refractivity contribution in [3.63, 3.8) is 0 Å². The van der Waals surface area contributed by atoms with Crippen molar-refractivity contribution in [3.05, 3.63) is 94.9 Å². The number of hydrogen-bond acceptors (Lipinski definition) is 5. The van der Waals surface area contributed by atoms with Gasteiger partial charge in [0.1, 0.15) is 17.3 Å². The summed E-state index contributed by atoms with van der Waals surface area (Å²) in [5.74, 6) is 1.14. The van der Waals surface area contributed by atoms with E-state index in [0.29, 0.717) is 18.4 Å². The minimum Gasteiger partial charge on any atom is -0.497 e. The van der Waals surface area contributed by atoms with Gasteiger partial charge in [0.25, 0.3) is 0 Å². The van der Waals surface area contributed by atoms with E-state index in [1.54, 1.807) is 26.4 Å². The van der Waals surface area contributed by atoms with Crippen LogP contribution >= 0.6 is 0 Å². The average Bonchev–Trinajstić information content (AvgIpc) is 3.01. The molecular formula is C27H25FN2O3. The predicted octanol–water partition coefficient (Wildman–Crippen LogP) is 5.82. The maximum absolute atomic E-state index is 13.6. The summed E-state index contributed by atoms with van der Waals surface area (Å²) < 4.78 is 24.6. The molecule has 0 saturated heterocycles. The van der Waals surface area contributed by atoms with Gasteiger partial charge in [-0.15, -0.1) is 0 Å². The Bertz CT molecular complexity index is 1240. The van der Waals surface area contributed by atoms with Crippen LogP contribution in [-0.4, -0.2) is 20.0 Å². The summed E-state index contributed by atoms with van der Waals surface area (Å²) in [6.07, 6.45) is 0.984. The van der Waals surface area contributed by atoms with Gasteiger partial charge in [-0.3, -0.25) is 4.79 Å². The van der Waals surface area contributed by atoms with Crippen LogP contribution in [0.4, 0.5) is 15.8 Å². The lowest BCUT2D eigenvalue weighted by atomic mass is 9.78. The number of fused-ring (bicyclic) bond motifs is 1. The second-order valence-corrected chi connectivity index (χ2v) is 8.33. The molecule has 0 bridgehead atoms. The summed E-state index contributed by atoms with van der Waals surface area (Å²) in [5, 5.41) is 7.03. The zero-order valence-electron chi connectivity index (χ0n) is 18.5. The number of nitrogens with one attached hydrogen (secondary N) is 2. The molecule has 2 atom stereocenters. The highest BCUT2D eigenvalue weighted by Gasteiger charge is 2.37. The fourth-order valence-corrected chi connectivity index (χ4v) is 4.78. The van der Waals surface area contributed by atoms with E-state index in [1.807, 2.05) is 42.5 Å². The number of ether oxygens (including phenoxy) is 2. The molecule has 33 heavy (non-hydrogen) atoms.